The third-order valence-corrected chi connectivity index (χ3v) is 8.92. The highest BCUT2D eigenvalue weighted by atomic mass is 16.5. The normalized spacial score (nSPS) is 31.3. The Labute approximate surface area is 203 Å². The Balaban J connectivity index is 1.37. The van der Waals surface area contributed by atoms with Crippen molar-refractivity contribution in [2.75, 3.05) is 18.4 Å². The van der Waals surface area contributed by atoms with Gasteiger partial charge in [0.1, 0.15) is 24.6 Å². The van der Waals surface area contributed by atoms with Crippen molar-refractivity contribution < 1.29 is 18.9 Å². The fraction of sp³-hybridized carbons (Fsp3) is 0.321. The van der Waals surface area contributed by atoms with Gasteiger partial charge < -0.3 is 19.4 Å². The molecule has 35 heavy (non-hydrogen) atoms. The quantitative estimate of drug-likeness (QED) is 0.257. The van der Waals surface area contributed by atoms with Gasteiger partial charge in [0.15, 0.2) is 6.54 Å². The van der Waals surface area contributed by atoms with Crippen LogP contribution in [0.2, 0.25) is 0 Å². The molecule has 4 atom stereocenters. The predicted molar refractivity (Wildman–Crippen MR) is 130 cm³/mol. The van der Waals surface area contributed by atoms with E-state index in [0.29, 0.717) is 18.3 Å². The van der Waals surface area contributed by atoms with Crippen LogP contribution in [-0.4, -0.2) is 45.1 Å². The second-order valence-corrected chi connectivity index (χ2v) is 10.3. The number of allylic oxidation sites excluding steroid dienone is 2. The van der Waals surface area contributed by atoms with Crippen molar-refractivity contribution in [3.63, 3.8) is 0 Å². The number of nitrogens with zero attached hydrogens (tertiary/aromatic N) is 3. The highest BCUT2D eigenvalue weighted by Gasteiger charge is 2.69. The van der Waals surface area contributed by atoms with E-state index in [1.165, 1.54) is 5.57 Å². The standard InChI is InChI=1S/C28H26N4O3/c1-2-17-14-32(15-24-29-27(31-35-24)18-7-4-3-5-8-18)12-11-28-21-9-6-10-22(34)25(21)30-26(28)20(16-33)19(17)13-23(28)32/h2-10,16,19,23H,11-15H2,1H3,(H-,30,33,34)/p+1/b17-2-/t19-,23-,28+,32?/m0/s1. The number of hydrogen-bond donors (Lipinski definition) is 2. The zero-order chi connectivity index (χ0) is 23.8. The van der Waals surface area contributed by atoms with E-state index in [1.54, 1.807) is 6.07 Å². The summed E-state index contributed by atoms with van der Waals surface area (Å²) in [5.74, 6) is 1.59. The van der Waals surface area contributed by atoms with Gasteiger partial charge >= 0.3 is 0 Å². The minimum Gasteiger partial charge on any atom is -0.506 e. The molecule has 3 aromatic rings. The molecule has 2 aromatic carbocycles. The van der Waals surface area contributed by atoms with Gasteiger partial charge in [-0.15, -0.1) is 0 Å². The second kappa shape index (κ2) is 7.15. The van der Waals surface area contributed by atoms with E-state index in [2.05, 4.69) is 29.5 Å². The summed E-state index contributed by atoms with van der Waals surface area (Å²) in [6, 6.07) is 15.9. The first kappa shape index (κ1) is 20.6. The van der Waals surface area contributed by atoms with E-state index in [4.69, 9.17) is 9.51 Å². The molecule has 0 amide bonds. The largest absolute Gasteiger partial charge is 0.506 e. The van der Waals surface area contributed by atoms with Crippen LogP contribution in [0.15, 0.2) is 76.0 Å². The number of aromatic hydroxyl groups is 1. The number of para-hydroxylation sites is 1. The number of nitrogens with one attached hydrogen (secondary N) is 1. The number of rotatable bonds is 4. The average molecular weight is 468 g/mol. The van der Waals surface area contributed by atoms with Crippen molar-refractivity contribution in [3.8, 4) is 17.1 Å². The summed E-state index contributed by atoms with van der Waals surface area (Å²) < 4.78 is 6.61. The van der Waals surface area contributed by atoms with Gasteiger partial charge in [-0.05, 0) is 24.1 Å². The van der Waals surface area contributed by atoms with E-state index in [0.717, 1.165) is 64.8 Å². The van der Waals surface area contributed by atoms with Gasteiger partial charge in [-0.2, -0.15) is 4.98 Å². The van der Waals surface area contributed by atoms with Crippen LogP contribution in [0.3, 0.4) is 0 Å². The lowest BCUT2D eigenvalue weighted by atomic mass is 9.61. The van der Waals surface area contributed by atoms with Crippen LogP contribution in [0.4, 0.5) is 5.69 Å². The molecule has 0 radical (unpaired) electrons. The number of carbonyl (C=O) groups is 1. The zero-order valence-corrected chi connectivity index (χ0v) is 19.6. The molecular weight excluding hydrogens is 440 g/mol. The molecular formula is C28H27N4O3+. The first-order valence-electron chi connectivity index (χ1n) is 12.3. The highest BCUT2D eigenvalue weighted by molar-refractivity contribution is 5.86. The Morgan fingerprint density at radius 2 is 2.09 bits per heavy atom. The number of hydrogen-bond acceptors (Lipinski definition) is 6. The number of anilines is 1. The summed E-state index contributed by atoms with van der Waals surface area (Å²) in [6.45, 7) is 4.51. The van der Waals surface area contributed by atoms with Crippen LogP contribution >= 0.6 is 0 Å². The Bertz CT molecular complexity index is 1420. The monoisotopic (exact) mass is 467 g/mol. The molecule has 2 N–H and O–H groups in total. The van der Waals surface area contributed by atoms with Gasteiger partial charge in [-0.25, -0.2) is 0 Å². The molecule has 2 saturated heterocycles. The number of phenolic OH excluding ortho intramolecular Hbond substituents is 1. The number of piperidine rings is 1. The van der Waals surface area contributed by atoms with Gasteiger partial charge in [0.05, 0.1) is 17.6 Å². The molecule has 3 aliphatic heterocycles. The number of fused-ring (bicyclic) bond motifs is 2. The molecule has 1 aliphatic carbocycles. The zero-order valence-electron chi connectivity index (χ0n) is 19.6. The lowest BCUT2D eigenvalue weighted by molar-refractivity contribution is -0.955. The van der Waals surface area contributed by atoms with E-state index < -0.39 is 0 Å². The van der Waals surface area contributed by atoms with E-state index in [1.807, 2.05) is 36.4 Å². The maximum Gasteiger partial charge on any atom is 0.282 e. The van der Waals surface area contributed by atoms with Gasteiger partial charge in [0.25, 0.3) is 5.89 Å². The number of carbonyl (C=O) groups excluding carboxylic acids is 1. The molecule has 1 unspecified atom stereocenters. The predicted octanol–water partition coefficient (Wildman–Crippen LogP) is 4.33. The number of quaternary nitrogens is 1. The molecule has 4 aliphatic rings. The molecule has 7 rings (SSSR count). The molecule has 2 bridgehead atoms. The maximum absolute atomic E-state index is 12.5. The Morgan fingerprint density at radius 3 is 2.89 bits per heavy atom. The Kier molecular flexibility index (Phi) is 4.22. The molecule has 176 valence electrons. The van der Waals surface area contributed by atoms with Crippen molar-refractivity contribution in [1.29, 1.82) is 0 Å². The molecule has 4 heterocycles. The van der Waals surface area contributed by atoms with Crippen LogP contribution in [-0.2, 0) is 16.8 Å². The fourth-order valence-corrected chi connectivity index (χ4v) is 7.47. The van der Waals surface area contributed by atoms with Crippen LogP contribution in [0.25, 0.3) is 11.4 Å². The van der Waals surface area contributed by atoms with Gasteiger partial charge in [0, 0.05) is 35.6 Å². The number of benzene rings is 2. The van der Waals surface area contributed by atoms with E-state index >= 15 is 0 Å². The van der Waals surface area contributed by atoms with Crippen molar-refractivity contribution in [2.24, 2.45) is 5.92 Å². The van der Waals surface area contributed by atoms with Crippen LogP contribution < -0.4 is 5.32 Å². The minimum absolute atomic E-state index is 0.0986. The maximum atomic E-state index is 12.5. The number of phenols is 1. The minimum atomic E-state index is -0.317. The topological polar surface area (TPSA) is 88.2 Å². The summed E-state index contributed by atoms with van der Waals surface area (Å²) in [6.07, 6.45) is 5.02. The summed E-state index contributed by atoms with van der Waals surface area (Å²) in [5, 5.41) is 18.5. The SMILES string of the molecule is C/C=C1/C[N+]2(Cc3nc(-c4ccccc4)no3)CC[C@]34C(=C(C=O)[C@H]1C[C@@H]32)Nc1c(O)cccc14. The van der Waals surface area contributed by atoms with Crippen molar-refractivity contribution >= 4 is 12.0 Å². The van der Waals surface area contributed by atoms with Crippen molar-refractivity contribution in [1.82, 2.24) is 10.1 Å². The first-order valence-corrected chi connectivity index (χ1v) is 12.3. The lowest BCUT2D eigenvalue weighted by Crippen LogP contribution is -2.62. The smallest absolute Gasteiger partial charge is 0.282 e. The second-order valence-electron chi connectivity index (χ2n) is 10.3. The summed E-state index contributed by atoms with van der Waals surface area (Å²) >= 11 is 0. The number of aldehydes is 1. The molecule has 1 aromatic heterocycles. The van der Waals surface area contributed by atoms with Crippen molar-refractivity contribution in [3.05, 3.63) is 82.9 Å². The molecule has 7 nitrogen and oxygen atoms in total. The fourth-order valence-electron chi connectivity index (χ4n) is 7.47. The van der Waals surface area contributed by atoms with Gasteiger partial charge in [-0.1, -0.05) is 53.7 Å². The molecule has 0 saturated carbocycles. The van der Waals surface area contributed by atoms with Crippen LogP contribution in [0, 0.1) is 5.92 Å². The van der Waals surface area contributed by atoms with E-state index in [-0.39, 0.29) is 23.1 Å². The third kappa shape index (κ3) is 2.61. The van der Waals surface area contributed by atoms with Crippen molar-refractivity contribution in [2.45, 2.75) is 37.8 Å². The summed E-state index contributed by atoms with van der Waals surface area (Å²) in [7, 11) is 0. The third-order valence-electron chi connectivity index (χ3n) is 8.92. The molecule has 1 spiro atoms. The Hall–Kier alpha value is -3.71. The van der Waals surface area contributed by atoms with E-state index in [9.17, 15) is 9.90 Å². The number of aromatic nitrogens is 2. The van der Waals surface area contributed by atoms with Gasteiger partial charge in [-0.3, -0.25) is 4.79 Å². The first-order chi connectivity index (χ1) is 17.1. The highest BCUT2D eigenvalue weighted by Crippen LogP contribution is 2.64. The Morgan fingerprint density at radius 1 is 1.23 bits per heavy atom. The molecule has 7 heteroatoms. The summed E-state index contributed by atoms with van der Waals surface area (Å²) in [4.78, 5) is 17.2. The van der Waals surface area contributed by atoms with Crippen LogP contribution in [0.1, 0.15) is 31.2 Å². The summed E-state index contributed by atoms with van der Waals surface area (Å²) in [5.41, 5.74) is 5.60. The van der Waals surface area contributed by atoms with Gasteiger partial charge in [0.2, 0.25) is 5.82 Å². The van der Waals surface area contributed by atoms with Crippen LogP contribution in [0.5, 0.6) is 5.75 Å². The average Bonchev–Trinajstić information content (AvgIpc) is 3.58. The molecule has 2 fully saturated rings. The lowest BCUT2D eigenvalue weighted by Gasteiger charge is -2.52.